The number of aliphatic carboxylic acids is 1. The predicted octanol–water partition coefficient (Wildman–Crippen LogP) is 3.62. The van der Waals surface area contributed by atoms with Crippen molar-refractivity contribution in [2.24, 2.45) is 0 Å². The number of ketones is 1. The molecule has 0 spiro atoms. The molecule has 0 aromatic heterocycles. The standard InChI is InChI=1S/C20H30N2O2.C2HF3O2/c1-3-13-22(14-4-2)20(24)8-7-19(23)18-6-5-16-9-11-21-12-10-17(16)15-18;3-2(4,5)1(6)7/h5-6,15,21H,3-4,7-14H2,1-2H3;(H,6,7). The van der Waals surface area contributed by atoms with Gasteiger partial charge < -0.3 is 15.3 Å². The van der Waals surface area contributed by atoms with E-state index < -0.39 is 12.1 Å². The van der Waals surface area contributed by atoms with Crippen molar-refractivity contribution < 1.29 is 32.7 Å². The van der Waals surface area contributed by atoms with Crippen molar-refractivity contribution in [2.45, 2.75) is 58.5 Å². The largest absolute Gasteiger partial charge is 0.490 e. The van der Waals surface area contributed by atoms with Crippen LogP contribution < -0.4 is 5.32 Å². The number of carbonyl (C=O) groups excluding carboxylic acids is 2. The van der Waals surface area contributed by atoms with E-state index in [1.165, 1.54) is 11.1 Å². The zero-order chi connectivity index (χ0) is 23.4. The van der Waals surface area contributed by atoms with Gasteiger partial charge in [-0.2, -0.15) is 13.2 Å². The predicted molar refractivity (Wildman–Crippen MR) is 111 cm³/mol. The third-order valence-electron chi connectivity index (χ3n) is 4.82. The van der Waals surface area contributed by atoms with Gasteiger partial charge in [0.05, 0.1) is 0 Å². The first-order valence-electron chi connectivity index (χ1n) is 10.5. The minimum absolute atomic E-state index is 0.0799. The van der Waals surface area contributed by atoms with Crippen molar-refractivity contribution >= 4 is 17.7 Å². The van der Waals surface area contributed by atoms with Crippen LogP contribution in [0.3, 0.4) is 0 Å². The number of nitrogens with one attached hydrogen (secondary N) is 1. The van der Waals surface area contributed by atoms with Crippen LogP contribution in [0.1, 0.15) is 61.0 Å². The fourth-order valence-electron chi connectivity index (χ4n) is 3.27. The Morgan fingerprint density at radius 1 is 1.00 bits per heavy atom. The Morgan fingerprint density at radius 2 is 1.55 bits per heavy atom. The van der Waals surface area contributed by atoms with E-state index in [4.69, 9.17) is 9.90 Å². The molecule has 0 aliphatic carbocycles. The van der Waals surface area contributed by atoms with E-state index in [9.17, 15) is 22.8 Å². The smallest absolute Gasteiger partial charge is 0.475 e. The monoisotopic (exact) mass is 444 g/mol. The molecule has 0 saturated carbocycles. The van der Waals surface area contributed by atoms with Crippen molar-refractivity contribution in [3.8, 4) is 0 Å². The number of benzene rings is 1. The second-order valence-corrected chi connectivity index (χ2v) is 7.34. The third-order valence-corrected chi connectivity index (χ3v) is 4.82. The molecule has 9 heteroatoms. The minimum Gasteiger partial charge on any atom is -0.475 e. The van der Waals surface area contributed by atoms with E-state index >= 15 is 0 Å². The topological polar surface area (TPSA) is 86.7 Å². The molecule has 1 amide bonds. The highest BCUT2D eigenvalue weighted by molar-refractivity contribution is 5.98. The number of hydrogen-bond donors (Lipinski definition) is 2. The van der Waals surface area contributed by atoms with Gasteiger partial charge in [-0.1, -0.05) is 26.0 Å². The fourth-order valence-corrected chi connectivity index (χ4v) is 3.27. The number of Topliss-reactive ketones (excluding diaryl/α,β-unsaturated/α-hetero) is 1. The Morgan fingerprint density at radius 3 is 2.06 bits per heavy atom. The van der Waals surface area contributed by atoms with Gasteiger partial charge in [-0.05, 0) is 56.0 Å². The fraction of sp³-hybridized carbons (Fsp3) is 0.591. The zero-order valence-corrected chi connectivity index (χ0v) is 18.1. The first kappa shape index (κ1) is 26.6. The maximum absolute atomic E-state index is 12.5. The van der Waals surface area contributed by atoms with Crippen molar-refractivity contribution in [1.29, 1.82) is 0 Å². The van der Waals surface area contributed by atoms with Crippen LogP contribution in [0.2, 0.25) is 0 Å². The van der Waals surface area contributed by atoms with E-state index in [2.05, 4.69) is 25.2 Å². The number of carbonyl (C=O) groups is 3. The summed E-state index contributed by atoms with van der Waals surface area (Å²) in [7, 11) is 0. The number of carboxylic acids is 1. The Labute approximate surface area is 180 Å². The lowest BCUT2D eigenvalue weighted by Crippen LogP contribution is -2.32. The van der Waals surface area contributed by atoms with Crippen LogP contribution in [0.5, 0.6) is 0 Å². The van der Waals surface area contributed by atoms with Gasteiger partial charge in [-0.3, -0.25) is 9.59 Å². The zero-order valence-electron chi connectivity index (χ0n) is 18.1. The normalized spacial score (nSPS) is 13.3. The molecule has 0 saturated heterocycles. The maximum Gasteiger partial charge on any atom is 0.490 e. The van der Waals surface area contributed by atoms with Gasteiger partial charge in [0, 0.05) is 31.5 Å². The van der Waals surface area contributed by atoms with E-state index in [1.807, 2.05) is 17.0 Å². The summed E-state index contributed by atoms with van der Waals surface area (Å²) in [5.74, 6) is -2.57. The van der Waals surface area contributed by atoms with Crippen molar-refractivity contribution in [3.63, 3.8) is 0 Å². The van der Waals surface area contributed by atoms with Gasteiger partial charge in [0.25, 0.3) is 0 Å². The van der Waals surface area contributed by atoms with E-state index in [-0.39, 0.29) is 11.7 Å². The summed E-state index contributed by atoms with van der Waals surface area (Å²) in [6.45, 7) is 7.68. The molecule has 1 aliphatic rings. The number of halogens is 3. The number of hydrogen-bond acceptors (Lipinski definition) is 4. The van der Waals surface area contributed by atoms with Crippen LogP contribution in [-0.2, 0) is 22.4 Å². The molecule has 0 bridgehead atoms. The molecular weight excluding hydrogens is 413 g/mol. The van der Waals surface area contributed by atoms with Crippen LogP contribution in [-0.4, -0.2) is 60.0 Å². The summed E-state index contributed by atoms with van der Waals surface area (Å²) in [5.41, 5.74) is 3.36. The molecule has 174 valence electrons. The average Bonchev–Trinajstić information content (AvgIpc) is 2.96. The summed E-state index contributed by atoms with van der Waals surface area (Å²) in [5, 5.41) is 10.5. The van der Waals surface area contributed by atoms with Crippen molar-refractivity contribution in [1.82, 2.24) is 10.2 Å². The molecule has 0 radical (unpaired) electrons. The number of rotatable bonds is 8. The van der Waals surface area contributed by atoms with Crippen molar-refractivity contribution in [3.05, 3.63) is 34.9 Å². The Balaban J connectivity index is 0.000000592. The van der Waals surface area contributed by atoms with Crippen LogP contribution in [0.25, 0.3) is 0 Å². The molecule has 1 aromatic rings. The molecule has 1 heterocycles. The Hall–Kier alpha value is -2.42. The lowest BCUT2D eigenvalue weighted by Gasteiger charge is -2.21. The van der Waals surface area contributed by atoms with Gasteiger partial charge in [0.2, 0.25) is 5.91 Å². The molecule has 6 nitrogen and oxygen atoms in total. The Bertz CT molecular complexity index is 745. The lowest BCUT2D eigenvalue weighted by molar-refractivity contribution is -0.192. The lowest BCUT2D eigenvalue weighted by atomic mass is 9.97. The van der Waals surface area contributed by atoms with E-state index in [0.717, 1.165) is 57.4 Å². The van der Waals surface area contributed by atoms with Gasteiger partial charge in [-0.15, -0.1) is 0 Å². The first-order valence-corrected chi connectivity index (χ1v) is 10.5. The molecule has 0 unspecified atom stereocenters. The number of nitrogens with zero attached hydrogens (tertiary/aromatic N) is 1. The third kappa shape index (κ3) is 9.50. The highest BCUT2D eigenvalue weighted by Gasteiger charge is 2.38. The first-order chi connectivity index (χ1) is 14.6. The van der Waals surface area contributed by atoms with Crippen LogP contribution in [0, 0.1) is 0 Å². The van der Waals surface area contributed by atoms with Crippen LogP contribution >= 0.6 is 0 Å². The average molecular weight is 444 g/mol. The molecule has 1 aromatic carbocycles. The van der Waals surface area contributed by atoms with Gasteiger partial charge in [-0.25, -0.2) is 4.79 Å². The molecule has 31 heavy (non-hydrogen) atoms. The minimum atomic E-state index is -5.08. The quantitative estimate of drug-likeness (QED) is 0.598. The van der Waals surface area contributed by atoms with E-state index in [0.29, 0.717) is 12.8 Å². The second-order valence-electron chi connectivity index (χ2n) is 7.34. The number of carboxylic acid groups (broad SMARTS) is 1. The molecule has 0 fully saturated rings. The number of fused-ring (bicyclic) bond motifs is 1. The summed E-state index contributed by atoms with van der Waals surface area (Å²) in [6, 6.07) is 6.04. The highest BCUT2D eigenvalue weighted by Crippen LogP contribution is 2.17. The SMILES string of the molecule is CCCN(CCC)C(=O)CCC(=O)c1ccc2c(c1)CCNCC2.O=C(O)C(F)(F)F. The number of alkyl halides is 3. The van der Waals surface area contributed by atoms with Gasteiger partial charge >= 0.3 is 12.1 Å². The van der Waals surface area contributed by atoms with Crippen LogP contribution in [0.15, 0.2) is 18.2 Å². The molecule has 0 atom stereocenters. The summed E-state index contributed by atoms with van der Waals surface area (Å²) >= 11 is 0. The molecule has 2 rings (SSSR count). The second kappa shape index (κ2) is 13.1. The summed E-state index contributed by atoms with van der Waals surface area (Å²) in [6.07, 6.45) is -0.560. The van der Waals surface area contributed by atoms with Gasteiger partial charge in [0.15, 0.2) is 5.78 Å². The molecule has 2 N–H and O–H groups in total. The van der Waals surface area contributed by atoms with Crippen LogP contribution in [0.4, 0.5) is 13.2 Å². The summed E-state index contributed by atoms with van der Waals surface area (Å²) in [4.78, 5) is 35.6. The van der Waals surface area contributed by atoms with E-state index in [1.54, 1.807) is 0 Å². The Kier molecular flexibility index (Phi) is 11.2. The molecule has 1 aliphatic heterocycles. The van der Waals surface area contributed by atoms with Crippen molar-refractivity contribution in [2.75, 3.05) is 26.2 Å². The summed E-state index contributed by atoms with van der Waals surface area (Å²) < 4.78 is 31.7. The maximum atomic E-state index is 12.5. The number of amides is 1. The van der Waals surface area contributed by atoms with Gasteiger partial charge in [0.1, 0.15) is 0 Å². The molecular formula is C22H31F3N2O4. The highest BCUT2D eigenvalue weighted by atomic mass is 19.4.